The maximum Gasteiger partial charge on any atom is 0.227 e. The smallest absolute Gasteiger partial charge is 0.227 e. The van der Waals surface area contributed by atoms with E-state index in [0.29, 0.717) is 17.9 Å². The van der Waals surface area contributed by atoms with E-state index in [1.54, 1.807) is 18.3 Å². The van der Waals surface area contributed by atoms with E-state index in [-0.39, 0.29) is 11.8 Å². The predicted molar refractivity (Wildman–Crippen MR) is 83.2 cm³/mol. The van der Waals surface area contributed by atoms with E-state index >= 15 is 0 Å². The van der Waals surface area contributed by atoms with Gasteiger partial charge in [-0.15, -0.1) is 0 Å². The summed E-state index contributed by atoms with van der Waals surface area (Å²) in [7, 11) is 0. The molecule has 1 unspecified atom stereocenters. The monoisotopic (exact) mass is 302 g/mol. The molecule has 2 aliphatic heterocycles. The molecule has 0 aliphatic carbocycles. The summed E-state index contributed by atoms with van der Waals surface area (Å²) >= 11 is 1.91. The zero-order valence-electron chi connectivity index (χ0n) is 11.9. The Balaban J connectivity index is 1.68. The Morgan fingerprint density at radius 2 is 2.19 bits per heavy atom. The molecule has 2 aliphatic rings. The van der Waals surface area contributed by atoms with Crippen LogP contribution in [0.15, 0.2) is 18.3 Å². The molecule has 110 valence electrons. The first-order valence-corrected chi connectivity index (χ1v) is 8.41. The number of nitrogens with zero attached hydrogens (tertiary/aromatic N) is 4. The number of carbonyl (C=O) groups excluding carboxylic acids is 1. The molecular weight excluding hydrogens is 284 g/mol. The minimum absolute atomic E-state index is 0.0432. The molecule has 0 spiro atoms. The number of thioether (sulfide) groups is 1. The van der Waals surface area contributed by atoms with Crippen molar-refractivity contribution in [1.82, 2.24) is 9.88 Å². The molecule has 3 heterocycles. The van der Waals surface area contributed by atoms with Crippen LogP contribution in [-0.2, 0) is 4.79 Å². The van der Waals surface area contributed by atoms with Crippen molar-refractivity contribution in [1.29, 1.82) is 5.26 Å². The van der Waals surface area contributed by atoms with Crippen molar-refractivity contribution in [3.63, 3.8) is 0 Å². The van der Waals surface area contributed by atoms with Gasteiger partial charge in [0, 0.05) is 43.9 Å². The Morgan fingerprint density at radius 1 is 1.38 bits per heavy atom. The predicted octanol–water partition coefficient (Wildman–Crippen LogP) is 1.35. The summed E-state index contributed by atoms with van der Waals surface area (Å²) in [6, 6.07) is 5.72. The molecule has 1 atom stereocenters. The van der Waals surface area contributed by atoms with Crippen molar-refractivity contribution >= 4 is 23.5 Å². The lowest BCUT2D eigenvalue weighted by atomic mass is 10.1. The van der Waals surface area contributed by atoms with Crippen LogP contribution < -0.4 is 4.90 Å². The van der Waals surface area contributed by atoms with Crippen LogP contribution >= 0.6 is 11.8 Å². The molecule has 3 rings (SSSR count). The number of amides is 1. The Morgan fingerprint density at radius 3 is 2.95 bits per heavy atom. The molecule has 0 N–H and O–H groups in total. The molecule has 5 nitrogen and oxygen atoms in total. The zero-order valence-corrected chi connectivity index (χ0v) is 12.7. The van der Waals surface area contributed by atoms with Gasteiger partial charge in [0.15, 0.2) is 0 Å². The summed E-state index contributed by atoms with van der Waals surface area (Å²) in [5.74, 6) is 3.11. The van der Waals surface area contributed by atoms with Gasteiger partial charge >= 0.3 is 0 Å². The summed E-state index contributed by atoms with van der Waals surface area (Å²) in [6.07, 6.45) is 2.55. The van der Waals surface area contributed by atoms with Gasteiger partial charge in [-0.3, -0.25) is 4.79 Å². The van der Waals surface area contributed by atoms with Gasteiger partial charge in [0.25, 0.3) is 0 Å². The van der Waals surface area contributed by atoms with Crippen molar-refractivity contribution in [3.05, 3.63) is 23.9 Å². The van der Waals surface area contributed by atoms with Crippen LogP contribution in [0.2, 0.25) is 0 Å². The average molecular weight is 302 g/mol. The zero-order chi connectivity index (χ0) is 14.7. The first kappa shape index (κ1) is 14.2. The maximum atomic E-state index is 12.5. The van der Waals surface area contributed by atoms with Gasteiger partial charge in [-0.1, -0.05) is 0 Å². The number of hydrogen-bond donors (Lipinski definition) is 0. The second-order valence-electron chi connectivity index (χ2n) is 5.36. The number of hydrogen-bond acceptors (Lipinski definition) is 5. The summed E-state index contributed by atoms with van der Waals surface area (Å²) in [5.41, 5.74) is 0.583. The molecule has 1 aromatic rings. The van der Waals surface area contributed by atoms with Crippen molar-refractivity contribution in [2.75, 3.05) is 42.6 Å². The van der Waals surface area contributed by atoms with Crippen molar-refractivity contribution in [3.8, 4) is 6.07 Å². The lowest BCUT2D eigenvalue weighted by Crippen LogP contribution is -2.42. The summed E-state index contributed by atoms with van der Waals surface area (Å²) < 4.78 is 0. The number of pyridine rings is 1. The fourth-order valence-electron chi connectivity index (χ4n) is 2.93. The Bertz CT molecular complexity index is 565. The Hall–Kier alpha value is -1.74. The second-order valence-corrected chi connectivity index (χ2v) is 6.58. The quantitative estimate of drug-likeness (QED) is 0.825. The van der Waals surface area contributed by atoms with Gasteiger partial charge < -0.3 is 9.80 Å². The molecule has 6 heteroatoms. The van der Waals surface area contributed by atoms with E-state index in [4.69, 9.17) is 5.26 Å². The second kappa shape index (κ2) is 6.35. The molecule has 2 saturated heterocycles. The Labute approximate surface area is 128 Å². The van der Waals surface area contributed by atoms with Crippen LogP contribution in [0.4, 0.5) is 5.82 Å². The van der Waals surface area contributed by atoms with Gasteiger partial charge in [-0.2, -0.15) is 17.0 Å². The first-order valence-electron chi connectivity index (χ1n) is 7.26. The highest BCUT2D eigenvalue weighted by Gasteiger charge is 2.33. The fourth-order valence-corrected chi connectivity index (χ4v) is 3.84. The molecule has 21 heavy (non-hydrogen) atoms. The van der Waals surface area contributed by atoms with E-state index in [9.17, 15) is 4.79 Å². The number of nitriles is 1. The molecule has 1 amide bonds. The topological polar surface area (TPSA) is 60.2 Å². The minimum Gasteiger partial charge on any atom is -0.355 e. The Kier molecular flexibility index (Phi) is 4.30. The summed E-state index contributed by atoms with van der Waals surface area (Å²) in [4.78, 5) is 20.9. The molecule has 0 aromatic carbocycles. The molecule has 0 bridgehead atoms. The SMILES string of the molecule is N#Cc1cccnc1N1CCC(C(=O)N2CCSCC2)C1. The largest absolute Gasteiger partial charge is 0.355 e. The molecule has 1 aromatic heterocycles. The summed E-state index contributed by atoms with van der Waals surface area (Å²) in [5, 5.41) is 9.16. The highest BCUT2D eigenvalue weighted by atomic mass is 32.2. The van der Waals surface area contributed by atoms with E-state index in [2.05, 4.69) is 16.0 Å². The van der Waals surface area contributed by atoms with Gasteiger partial charge in [0.05, 0.1) is 11.5 Å². The van der Waals surface area contributed by atoms with Crippen molar-refractivity contribution in [2.24, 2.45) is 5.92 Å². The van der Waals surface area contributed by atoms with E-state index < -0.39 is 0 Å². The van der Waals surface area contributed by atoms with Crippen LogP contribution in [0.1, 0.15) is 12.0 Å². The van der Waals surface area contributed by atoms with Crippen LogP contribution in [0.5, 0.6) is 0 Å². The van der Waals surface area contributed by atoms with Crippen LogP contribution in [0, 0.1) is 17.2 Å². The lowest BCUT2D eigenvalue weighted by Gasteiger charge is -2.29. The molecule has 0 radical (unpaired) electrons. The fraction of sp³-hybridized carbons (Fsp3) is 0.533. The van der Waals surface area contributed by atoms with E-state index in [0.717, 1.165) is 37.6 Å². The highest BCUT2D eigenvalue weighted by molar-refractivity contribution is 7.99. The third-order valence-electron chi connectivity index (χ3n) is 4.07. The number of aromatic nitrogens is 1. The molecule has 2 fully saturated rings. The number of rotatable bonds is 2. The van der Waals surface area contributed by atoms with Crippen LogP contribution in [0.25, 0.3) is 0 Å². The van der Waals surface area contributed by atoms with Crippen molar-refractivity contribution in [2.45, 2.75) is 6.42 Å². The van der Waals surface area contributed by atoms with Gasteiger partial charge in [0.2, 0.25) is 5.91 Å². The third-order valence-corrected chi connectivity index (χ3v) is 5.01. The van der Waals surface area contributed by atoms with E-state index in [1.807, 2.05) is 16.7 Å². The number of carbonyl (C=O) groups is 1. The standard InChI is InChI=1S/C15H18N4OS/c16-10-12-2-1-4-17-14(12)19-5-3-13(11-19)15(20)18-6-8-21-9-7-18/h1-2,4,13H,3,5-9,11H2. The maximum absolute atomic E-state index is 12.5. The normalized spacial score (nSPS) is 22.1. The van der Waals surface area contributed by atoms with Gasteiger partial charge in [-0.25, -0.2) is 4.98 Å². The third kappa shape index (κ3) is 2.98. The number of anilines is 1. The van der Waals surface area contributed by atoms with Crippen LogP contribution in [-0.4, -0.2) is 53.5 Å². The molecular formula is C15H18N4OS. The van der Waals surface area contributed by atoms with Gasteiger partial charge in [-0.05, 0) is 18.6 Å². The minimum atomic E-state index is 0.0432. The first-order chi connectivity index (χ1) is 10.3. The summed E-state index contributed by atoms with van der Waals surface area (Å²) in [6.45, 7) is 3.21. The van der Waals surface area contributed by atoms with Gasteiger partial charge in [0.1, 0.15) is 11.9 Å². The molecule has 0 saturated carbocycles. The average Bonchev–Trinajstić information content (AvgIpc) is 3.04. The highest BCUT2D eigenvalue weighted by Crippen LogP contribution is 2.26. The van der Waals surface area contributed by atoms with E-state index in [1.165, 1.54) is 0 Å². The van der Waals surface area contributed by atoms with Crippen LogP contribution in [0.3, 0.4) is 0 Å². The van der Waals surface area contributed by atoms with Crippen molar-refractivity contribution < 1.29 is 4.79 Å². The lowest BCUT2D eigenvalue weighted by molar-refractivity contribution is -0.134.